The molecular formula is C18H14ClN3O4. The second-order valence-corrected chi connectivity index (χ2v) is 6.58. The zero-order valence-corrected chi connectivity index (χ0v) is 14.5. The highest BCUT2D eigenvalue weighted by molar-refractivity contribution is 6.37. The van der Waals surface area contributed by atoms with Crippen molar-refractivity contribution in [1.82, 2.24) is 9.97 Å². The Bertz CT molecular complexity index is 1360. The number of hydrogen-bond donors (Lipinski definition) is 3. The molecule has 132 valence electrons. The fourth-order valence-corrected chi connectivity index (χ4v) is 3.65. The van der Waals surface area contributed by atoms with E-state index in [1.165, 1.54) is 12.1 Å². The van der Waals surface area contributed by atoms with E-state index < -0.39 is 16.7 Å². The Hall–Kier alpha value is -2.93. The third-order valence-corrected chi connectivity index (χ3v) is 4.84. The molecule has 0 unspecified atom stereocenters. The van der Waals surface area contributed by atoms with Crippen LogP contribution in [0.25, 0.3) is 32.7 Å². The van der Waals surface area contributed by atoms with Gasteiger partial charge in [0.2, 0.25) is 0 Å². The van der Waals surface area contributed by atoms with Crippen molar-refractivity contribution in [1.29, 1.82) is 0 Å². The summed E-state index contributed by atoms with van der Waals surface area (Å²) in [7, 11) is 0. The molecule has 2 aromatic rings. The number of aromatic nitrogens is 2. The summed E-state index contributed by atoms with van der Waals surface area (Å²) < 4.78 is 0. The maximum atomic E-state index is 12.5. The van der Waals surface area contributed by atoms with E-state index in [0.717, 1.165) is 12.8 Å². The van der Waals surface area contributed by atoms with Crippen LogP contribution in [0.1, 0.15) is 19.8 Å². The van der Waals surface area contributed by atoms with Gasteiger partial charge in [0.25, 0.3) is 16.7 Å². The van der Waals surface area contributed by atoms with Crippen molar-refractivity contribution in [2.45, 2.75) is 19.8 Å². The number of unbranched alkanes of at least 4 members (excludes halogenated alkanes) is 1. The SMILES string of the molecule is CCCCN=c1cc2c(=O)[nH]c(=O)c3c(Cl)cc4c(O)[nH]c(=O)c1c4c3-2. The number of nitrogens with one attached hydrogen (secondary N) is 2. The lowest BCUT2D eigenvalue weighted by Crippen LogP contribution is -2.27. The Balaban J connectivity index is 2.38. The van der Waals surface area contributed by atoms with Crippen LogP contribution in [0, 0.1) is 0 Å². The second-order valence-electron chi connectivity index (χ2n) is 6.17. The monoisotopic (exact) mass is 371 g/mol. The molecule has 2 aliphatic rings. The summed E-state index contributed by atoms with van der Waals surface area (Å²) in [5, 5.41) is 11.6. The van der Waals surface area contributed by atoms with Crippen LogP contribution in [0.2, 0.25) is 5.02 Å². The highest BCUT2D eigenvalue weighted by atomic mass is 35.5. The van der Waals surface area contributed by atoms with Crippen molar-refractivity contribution in [3.8, 4) is 17.0 Å². The second kappa shape index (κ2) is 5.81. The lowest BCUT2D eigenvalue weighted by atomic mass is 9.91. The van der Waals surface area contributed by atoms with Crippen LogP contribution in [-0.2, 0) is 0 Å². The Labute approximate surface area is 150 Å². The molecule has 4 rings (SSSR count). The predicted octanol–water partition coefficient (Wildman–Crippen LogP) is 1.77. The molecule has 1 aliphatic carbocycles. The minimum absolute atomic E-state index is 0.0862. The average Bonchev–Trinajstić information content (AvgIpc) is 2.58. The minimum Gasteiger partial charge on any atom is -0.494 e. The van der Waals surface area contributed by atoms with Crippen LogP contribution in [0.3, 0.4) is 0 Å². The quantitative estimate of drug-likeness (QED) is 0.376. The van der Waals surface area contributed by atoms with Crippen molar-refractivity contribution in [2.24, 2.45) is 4.99 Å². The van der Waals surface area contributed by atoms with Crippen LogP contribution in [0.5, 0.6) is 5.88 Å². The van der Waals surface area contributed by atoms with Crippen LogP contribution in [0.4, 0.5) is 0 Å². The van der Waals surface area contributed by atoms with Crippen molar-refractivity contribution < 1.29 is 5.11 Å². The first-order valence-electron chi connectivity index (χ1n) is 8.18. The van der Waals surface area contributed by atoms with Crippen molar-refractivity contribution in [2.75, 3.05) is 6.54 Å². The molecule has 0 amide bonds. The molecule has 1 aliphatic heterocycles. The summed E-state index contributed by atoms with van der Waals surface area (Å²) in [6, 6.07) is 2.91. The van der Waals surface area contributed by atoms with Crippen LogP contribution in [-0.4, -0.2) is 21.6 Å². The molecule has 0 saturated carbocycles. The third-order valence-electron chi connectivity index (χ3n) is 4.54. The number of benzene rings is 2. The van der Waals surface area contributed by atoms with Gasteiger partial charge < -0.3 is 5.11 Å². The smallest absolute Gasteiger partial charge is 0.260 e. The fourth-order valence-electron chi connectivity index (χ4n) is 3.36. The van der Waals surface area contributed by atoms with Gasteiger partial charge in [-0.25, -0.2) is 0 Å². The van der Waals surface area contributed by atoms with Crippen molar-refractivity contribution >= 4 is 33.1 Å². The predicted molar refractivity (Wildman–Crippen MR) is 100.0 cm³/mol. The summed E-state index contributed by atoms with van der Waals surface area (Å²) in [6.07, 6.45) is 1.76. The zero-order valence-electron chi connectivity index (χ0n) is 13.8. The number of nitrogens with zero attached hydrogens (tertiary/aromatic N) is 1. The third kappa shape index (κ3) is 2.20. The molecule has 26 heavy (non-hydrogen) atoms. The van der Waals surface area contributed by atoms with Crippen LogP contribution in [0.15, 0.2) is 31.5 Å². The molecule has 0 atom stereocenters. The fraction of sp³-hybridized carbons (Fsp3) is 0.222. The molecule has 0 radical (unpaired) electrons. The molecule has 0 bridgehead atoms. The van der Waals surface area contributed by atoms with E-state index in [-0.39, 0.29) is 38.2 Å². The summed E-state index contributed by atoms with van der Waals surface area (Å²) in [6.45, 7) is 2.52. The van der Waals surface area contributed by atoms with Crippen molar-refractivity contribution in [3.05, 3.63) is 53.6 Å². The van der Waals surface area contributed by atoms with E-state index in [2.05, 4.69) is 15.0 Å². The van der Waals surface area contributed by atoms with Gasteiger partial charge in [-0.3, -0.25) is 29.3 Å². The first-order valence-corrected chi connectivity index (χ1v) is 8.55. The number of hydrogen-bond acceptors (Lipinski definition) is 5. The average molecular weight is 372 g/mol. The van der Waals surface area contributed by atoms with Gasteiger partial charge in [-0.05, 0) is 18.6 Å². The highest BCUT2D eigenvalue weighted by Gasteiger charge is 2.25. The maximum absolute atomic E-state index is 12.5. The molecule has 0 saturated heterocycles. The molecule has 8 heteroatoms. The standard InChI is InChI=1S/C18H14ClN3O4/c1-2-3-4-20-10-6-8-11-12-7(15(23)22-18(26)14(10)12)5-9(19)13(11)17(25)21-16(8)24/h5-6H,2-4H2,1H3,(H,21,24,25)(H2,22,23,26). The van der Waals surface area contributed by atoms with E-state index in [9.17, 15) is 19.5 Å². The minimum atomic E-state index is -0.633. The van der Waals surface area contributed by atoms with E-state index in [4.69, 9.17) is 11.6 Å². The summed E-state index contributed by atoms with van der Waals surface area (Å²) in [5.41, 5.74) is -1.28. The largest absolute Gasteiger partial charge is 0.494 e. The molecule has 3 N–H and O–H groups in total. The van der Waals surface area contributed by atoms with Gasteiger partial charge in [-0.2, -0.15) is 0 Å². The number of H-pyrrole nitrogens is 2. The van der Waals surface area contributed by atoms with Gasteiger partial charge >= 0.3 is 0 Å². The van der Waals surface area contributed by atoms with E-state index >= 15 is 0 Å². The Morgan fingerprint density at radius 2 is 1.77 bits per heavy atom. The van der Waals surface area contributed by atoms with Crippen molar-refractivity contribution in [3.63, 3.8) is 0 Å². The topological polar surface area (TPSA) is 115 Å². The number of rotatable bonds is 3. The Morgan fingerprint density at radius 1 is 1.04 bits per heavy atom. The van der Waals surface area contributed by atoms with Gasteiger partial charge in [-0.1, -0.05) is 24.9 Å². The van der Waals surface area contributed by atoms with Gasteiger partial charge in [0.05, 0.1) is 26.7 Å². The Kier molecular flexibility index (Phi) is 3.69. The van der Waals surface area contributed by atoms with Gasteiger partial charge in [0.15, 0.2) is 5.88 Å². The first kappa shape index (κ1) is 16.5. The maximum Gasteiger partial charge on any atom is 0.260 e. The molecule has 1 aromatic carbocycles. The zero-order chi connectivity index (χ0) is 18.6. The van der Waals surface area contributed by atoms with E-state index in [1.54, 1.807) is 0 Å². The molecule has 0 spiro atoms. The number of halogens is 1. The normalized spacial score (nSPS) is 12.8. The summed E-state index contributed by atoms with van der Waals surface area (Å²) >= 11 is 6.22. The molecule has 1 aromatic heterocycles. The Morgan fingerprint density at radius 3 is 2.50 bits per heavy atom. The molecule has 7 nitrogen and oxygen atoms in total. The number of aromatic hydroxyl groups is 1. The van der Waals surface area contributed by atoms with Crippen LogP contribution >= 0.6 is 11.6 Å². The van der Waals surface area contributed by atoms with Gasteiger partial charge in [0.1, 0.15) is 0 Å². The van der Waals surface area contributed by atoms with E-state index in [0.29, 0.717) is 17.3 Å². The summed E-state index contributed by atoms with van der Waals surface area (Å²) in [5.74, 6) is -0.369. The number of pyridine rings is 2. The van der Waals surface area contributed by atoms with E-state index in [1.807, 2.05) is 6.92 Å². The lowest BCUT2D eigenvalue weighted by Gasteiger charge is -2.15. The lowest BCUT2D eigenvalue weighted by molar-refractivity contribution is 0.459. The van der Waals surface area contributed by atoms with Gasteiger partial charge in [-0.15, -0.1) is 0 Å². The molecule has 0 fully saturated rings. The molecular weight excluding hydrogens is 358 g/mol. The van der Waals surface area contributed by atoms with Gasteiger partial charge in [0, 0.05) is 22.9 Å². The first-order chi connectivity index (χ1) is 12.4. The highest BCUT2D eigenvalue weighted by Crippen LogP contribution is 2.39. The van der Waals surface area contributed by atoms with Crippen LogP contribution < -0.4 is 22.0 Å². The summed E-state index contributed by atoms with van der Waals surface area (Å²) in [4.78, 5) is 46.3. The number of aromatic amines is 2. The molecule has 2 heterocycles.